The Morgan fingerprint density at radius 2 is 1.60 bits per heavy atom. The molecule has 0 aliphatic heterocycles. The zero-order chi connectivity index (χ0) is 18.4. The van der Waals surface area contributed by atoms with E-state index in [1.165, 1.54) is 6.92 Å². The third-order valence-electron chi connectivity index (χ3n) is 3.37. The van der Waals surface area contributed by atoms with Gasteiger partial charge in [-0.25, -0.2) is 5.43 Å². The zero-order valence-corrected chi connectivity index (χ0v) is 15.3. The summed E-state index contributed by atoms with van der Waals surface area (Å²) in [4.78, 5) is 23.1. The van der Waals surface area contributed by atoms with Gasteiger partial charge in [0.25, 0.3) is 0 Å². The summed E-state index contributed by atoms with van der Waals surface area (Å²) in [7, 11) is 0. The number of benzene rings is 2. The van der Waals surface area contributed by atoms with E-state index in [1.807, 2.05) is 0 Å². The van der Waals surface area contributed by atoms with E-state index in [0.29, 0.717) is 27.0 Å². The van der Waals surface area contributed by atoms with Crippen LogP contribution in [0.3, 0.4) is 0 Å². The molecule has 25 heavy (non-hydrogen) atoms. The highest BCUT2D eigenvalue weighted by Gasteiger charge is 2.10. The van der Waals surface area contributed by atoms with Gasteiger partial charge in [-0.05, 0) is 42.3 Å². The third kappa shape index (κ3) is 5.59. The van der Waals surface area contributed by atoms with E-state index in [4.69, 9.17) is 23.2 Å². The van der Waals surface area contributed by atoms with Crippen LogP contribution in [0.4, 0.5) is 5.69 Å². The van der Waals surface area contributed by atoms with Gasteiger partial charge in [-0.3, -0.25) is 9.59 Å². The van der Waals surface area contributed by atoms with Crippen molar-refractivity contribution in [3.63, 3.8) is 0 Å². The molecule has 0 aromatic heterocycles. The predicted octanol–water partition coefficient (Wildman–Crippen LogP) is 4.03. The number of halogens is 2. The zero-order valence-electron chi connectivity index (χ0n) is 13.8. The number of carbonyl (C=O) groups excluding carboxylic acids is 2. The molecule has 0 unspecified atom stereocenters. The fraction of sp³-hybridized carbons (Fsp3) is 0.167. The molecule has 0 radical (unpaired) electrons. The van der Waals surface area contributed by atoms with Gasteiger partial charge in [0.15, 0.2) is 0 Å². The number of nitrogens with one attached hydrogen (secondary N) is 2. The quantitative estimate of drug-likeness (QED) is 0.609. The van der Waals surface area contributed by atoms with Crippen molar-refractivity contribution < 1.29 is 9.59 Å². The number of hydrazone groups is 1. The number of anilines is 1. The molecule has 0 bridgehead atoms. The first-order valence-corrected chi connectivity index (χ1v) is 8.26. The van der Waals surface area contributed by atoms with Crippen LogP contribution in [0.5, 0.6) is 0 Å². The Morgan fingerprint density at radius 1 is 1.00 bits per heavy atom. The molecule has 0 saturated heterocycles. The molecular weight excluding hydrogens is 361 g/mol. The Morgan fingerprint density at radius 3 is 2.16 bits per heavy atom. The molecule has 0 saturated carbocycles. The molecule has 2 aromatic rings. The van der Waals surface area contributed by atoms with Gasteiger partial charge in [-0.2, -0.15) is 5.10 Å². The molecule has 5 nitrogen and oxygen atoms in total. The summed E-state index contributed by atoms with van der Waals surface area (Å²) < 4.78 is 0. The van der Waals surface area contributed by atoms with E-state index < -0.39 is 0 Å². The Bertz CT molecular complexity index is 797. The van der Waals surface area contributed by atoms with Crippen LogP contribution in [-0.2, 0) is 16.0 Å². The maximum absolute atomic E-state index is 12.0. The van der Waals surface area contributed by atoms with Crippen molar-refractivity contribution in [1.29, 1.82) is 0 Å². The van der Waals surface area contributed by atoms with Gasteiger partial charge < -0.3 is 5.32 Å². The minimum atomic E-state index is -0.316. The molecule has 2 rings (SSSR count). The SMILES string of the molecule is CC(=O)Nc1ccc(/C(C)=N\NC(=O)Cc2c(Cl)cccc2Cl)cc1. The molecule has 0 atom stereocenters. The topological polar surface area (TPSA) is 70.6 Å². The lowest BCUT2D eigenvalue weighted by Crippen LogP contribution is -2.21. The molecule has 2 aromatic carbocycles. The number of hydrogen-bond donors (Lipinski definition) is 2. The van der Waals surface area contributed by atoms with E-state index in [1.54, 1.807) is 49.4 Å². The molecular formula is C18H17Cl2N3O2. The summed E-state index contributed by atoms with van der Waals surface area (Å²) in [5.41, 5.74) is 5.21. The second kappa shape index (κ2) is 8.65. The Kier molecular flexibility index (Phi) is 6.56. The second-order valence-corrected chi connectivity index (χ2v) is 6.18. The minimum absolute atomic E-state index is 0.0384. The van der Waals surface area contributed by atoms with Gasteiger partial charge >= 0.3 is 0 Å². The number of carbonyl (C=O) groups is 2. The summed E-state index contributed by atoms with van der Waals surface area (Å²) in [6.45, 7) is 3.22. The number of rotatable bonds is 5. The summed E-state index contributed by atoms with van der Waals surface area (Å²) in [6, 6.07) is 12.2. The van der Waals surface area contributed by atoms with E-state index in [2.05, 4.69) is 15.8 Å². The average molecular weight is 378 g/mol. The van der Waals surface area contributed by atoms with Gasteiger partial charge in [0.2, 0.25) is 11.8 Å². The van der Waals surface area contributed by atoms with Gasteiger partial charge in [0.05, 0.1) is 12.1 Å². The molecule has 7 heteroatoms. The van der Waals surface area contributed by atoms with Crippen LogP contribution < -0.4 is 10.7 Å². The number of amides is 2. The van der Waals surface area contributed by atoms with Crippen molar-refractivity contribution in [2.24, 2.45) is 5.10 Å². The van der Waals surface area contributed by atoms with Crippen LogP contribution >= 0.6 is 23.2 Å². The maximum Gasteiger partial charge on any atom is 0.244 e. The summed E-state index contributed by atoms with van der Waals surface area (Å²) in [5.74, 6) is -0.451. The van der Waals surface area contributed by atoms with Gasteiger partial charge in [0.1, 0.15) is 0 Å². The van der Waals surface area contributed by atoms with Crippen LogP contribution in [0, 0.1) is 0 Å². The summed E-state index contributed by atoms with van der Waals surface area (Å²) >= 11 is 12.1. The highest BCUT2D eigenvalue weighted by atomic mass is 35.5. The fourth-order valence-electron chi connectivity index (χ4n) is 2.11. The summed E-state index contributed by atoms with van der Waals surface area (Å²) in [5, 5.41) is 7.65. The fourth-order valence-corrected chi connectivity index (χ4v) is 2.64. The molecule has 0 heterocycles. The van der Waals surface area contributed by atoms with Crippen LogP contribution in [0.25, 0.3) is 0 Å². The van der Waals surface area contributed by atoms with E-state index in [9.17, 15) is 9.59 Å². The Hall–Kier alpha value is -2.37. The first-order valence-electron chi connectivity index (χ1n) is 7.51. The van der Waals surface area contributed by atoms with Crippen molar-refractivity contribution in [3.8, 4) is 0 Å². The number of hydrogen-bond acceptors (Lipinski definition) is 3. The van der Waals surface area contributed by atoms with Crippen LogP contribution in [-0.4, -0.2) is 17.5 Å². The molecule has 2 amide bonds. The maximum atomic E-state index is 12.0. The van der Waals surface area contributed by atoms with Gasteiger partial charge in [-0.15, -0.1) is 0 Å². The Labute approximate surface area is 156 Å². The number of nitrogens with zero attached hydrogens (tertiary/aromatic N) is 1. The average Bonchev–Trinajstić information content (AvgIpc) is 2.56. The first-order chi connectivity index (χ1) is 11.9. The predicted molar refractivity (Wildman–Crippen MR) is 101 cm³/mol. The lowest BCUT2D eigenvalue weighted by atomic mass is 10.1. The van der Waals surface area contributed by atoms with Crippen molar-refractivity contribution in [3.05, 3.63) is 63.6 Å². The second-order valence-electron chi connectivity index (χ2n) is 5.37. The lowest BCUT2D eigenvalue weighted by Gasteiger charge is -2.07. The first kappa shape index (κ1) is 19.0. The largest absolute Gasteiger partial charge is 0.326 e. The molecule has 0 aliphatic carbocycles. The molecule has 130 valence electrons. The standard InChI is InChI=1S/C18H17Cl2N3O2/c1-11(13-6-8-14(9-7-13)21-12(2)24)22-23-18(25)10-15-16(19)4-3-5-17(15)20/h3-9H,10H2,1-2H3,(H,21,24)(H,23,25)/b22-11-. The minimum Gasteiger partial charge on any atom is -0.326 e. The highest BCUT2D eigenvalue weighted by molar-refractivity contribution is 6.36. The summed E-state index contributed by atoms with van der Waals surface area (Å²) in [6.07, 6.45) is 0.0384. The molecule has 0 fully saturated rings. The van der Waals surface area contributed by atoms with Crippen molar-refractivity contribution in [1.82, 2.24) is 5.43 Å². The van der Waals surface area contributed by atoms with Gasteiger partial charge in [0, 0.05) is 22.7 Å². The van der Waals surface area contributed by atoms with Crippen molar-refractivity contribution in [2.45, 2.75) is 20.3 Å². The van der Waals surface area contributed by atoms with Crippen LogP contribution in [0.1, 0.15) is 25.0 Å². The van der Waals surface area contributed by atoms with Gasteiger partial charge in [-0.1, -0.05) is 41.4 Å². The molecule has 0 aliphatic rings. The van der Waals surface area contributed by atoms with Crippen LogP contribution in [0.2, 0.25) is 10.0 Å². The van der Waals surface area contributed by atoms with Crippen molar-refractivity contribution in [2.75, 3.05) is 5.32 Å². The van der Waals surface area contributed by atoms with E-state index >= 15 is 0 Å². The monoisotopic (exact) mass is 377 g/mol. The third-order valence-corrected chi connectivity index (χ3v) is 4.08. The molecule has 0 spiro atoms. The highest BCUT2D eigenvalue weighted by Crippen LogP contribution is 2.24. The van der Waals surface area contributed by atoms with E-state index in [-0.39, 0.29) is 18.2 Å². The smallest absolute Gasteiger partial charge is 0.244 e. The normalized spacial score (nSPS) is 11.1. The van der Waals surface area contributed by atoms with E-state index in [0.717, 1.165) is 5.56 Å². The lowest BCUT2D eigenvalue weighted by molar-refractivity contribution is -0.120. The van der Waals surface area contributed by atoms with Crippen LogP contribution in [0.15, 0.2) is 47.6 Å². The Balaban J connectivity index is 2.00. The van der Waals surface area contributed by atoms with Crippen molar-refractivity contribution >= 4 is 46.4 Å². The molecule has 2 N–H and O–H groups in total.